The van der Waals surface area contributed by atoms with Gasteiger partial charge in [0.2, 0.25) is 5.43 Å². The van der Waals surface area contributed by atoms with Crippen molar-refractivity contribution in [1.29, 1.82) is 0 Å². The fourth-order valence-corrected chi connectivity index (χ4v) is 2.92. The second-order valence-corrected chi connectivity index (χ2v) is 6.66. The maximum absolute atomic E-state index is 12.5. The number of hydrogen-bond donors (Lipinski definition) is 1. The van der Waals surface area contributed by atoms with Crippen molar-refractivity contribution in [2.75, 3.05) is 6.54 Å². The molecule has 1 N–H and O–H groups in total. The lowest BCUT2D eigenvalue weighted by Gasteiger charge is -2.13. The van der Waals surface area contributed by atoms with Gasteiger partial charge in [0.1, 0.15) is 0 Å². The Labute approximate surface area is 161 Å². The van der Waals surface area contributed by atoms with Crippen molar-refractivity contribution >= 4 is 17.5 Å². The highest BCUT2D eigenvalue weighted by Gasteiger charge is 2.38. The minimum atomic E-state index is -0.548. The predicted octanol–water partition coefficient (Wildman–Crippen LogP) is 2.89. The maximum atomic E-state index is 12.5. The van der Waals surface area contributed by atoms with Crippen LogP contribution in [0.3, 0.4) is 0 Å². The lowest BCUT2D eigenvalue weighted by molar-refractivity contribution is 0.0944. The zero-order chi connectivity index (χ0) is 19.4. The van der Waals surface area contributed by atoms with Gasteiger partial charge < -0.3 is 5.32 Å². The van der Waals surface area contributed by atoms with Gasteiger partial charge in [-0.25, -0.2) is 4.68 Å². The minimum Gasteiger partial charge on any atom is -0.350 e. The summed E-state index contributed by atoms with van der Waals surface area (Å²) in [5, 5.41) is 15.4. The molecule has 2 aromatic rings. The summed E-state index contributed by atoms with van der Waals surface area (Å²) in [5.41, 5.74) is 0.0417. The Morgan fingerprint density at radius 1 is 1.33 bits per heavy atom. The van der Waals surface area contributed by atoms with E-state index in [0.29, 0.717) is 42.2 Å². The van der Waals surface area contributed by atoms with Gasteiger partial charge in [-0.1, -0.05) is 23.7 Å². The number of halogens is 1. The zero-order valence-electron chi connectivity index (χ0n) is 14.8. The summed E-state index contributed by atoms with van der Waals surface area (Å²) in [6.07, 6.45) is 7.02. The van der Waals surface area contributed by atoms with E-state index in [1.165, 1.54) is 10.7 Å². The lowest BCUT2D eigenvalue weighted by Crippen LogP contribution is -2.34. The van der Waals surface area contributed by atoms with Crippen LogP contribution in [0.1, 0.15) is 35.4 Å². The number of nitrogens with one attached hydrogen (secondary N) is 1. The molecule has 2 heterocycles. The van der Waals surface area contributed by atoms with Crippen LogP contribution in [0, 0.1) is 19.3 Å². The van der Waals surface area contributed by atoms with Gasteiger partial charge in [-0.3, -0.25) is 9.59 Å². The summed E-state index contributed by atoms with van der Waals surface area (Å²) in [6.45, 7) is 2.04. The maximum Gasteiger partial charge on any atom is 0.275 e. The Morgan fingerprint density at radius 3 is 2.74 bits per heavy atom. The average Bonchev–Trinajstić information content (AvgIpc) is 3.41. The minimum absolute atomic E-state index is 0.192. The summed E-state index contributed by atoms with van der Waals surface area (Å²) >= 11 is 6.21. The van der Waals surface area contributed by atoms with Gasteiger partial charge in [0.25, 0.3) is 5.91 Å². The van der Waals surface area contributed by atoms with Crippen molar-refractivity contribution in [3.8, 4) is 18.0 Å². The summed E-state index contributed by atoms with van der Waals surface area (Å²) in [5.74, 6) is 2.01. The van der Waals surface area contributed by atoms with Gasteiger partial charge in [0.05, 0.1) is 10.7 Å². The first-order valence-corrected chi connectivity index (χ1v) is 8.85. The first-order chi connectivity index (χ1) is 13.0. The number of amides is 1. The summed E-state index contributed by atoms with van der Waals surface area (Å²) < 4.78 is 1.48. The number of terminal acetylenes is 1. The van der Waals surface area contributed by atoms with E-state index in [1.54, 1.807) is 31.2 Å². The van der Waals surface area contributed by atoms with E-state index in [0.717, 1.165) is 0 Å². The molecule has 27 heavy (non-hydrogen) atoms. The van der Waals surface area contributed by atoms with Crippen molar-refractivity contribution in [2.45, 2.75) is 31.8 Å². The molecule has 0 bridgehead atoms. The summed E-state index contributed by atoms with van der Waals surface area (Å²) in [7, 11) is 0. The number of aryl methyl sites for hydroxylation is 1. The van der Waals surface area contributed by atoms with Crippen LogP contribution in [0.15, 0.2) is 45.4 Å². The monoisotopic (exact) mass is 383 g/mol. The van der Waals surface area contributed by atoms with E-state index in [1.807, 2.05) is 0 Å². The van der Waals surface area contributed by atoms with Crippen LogP contribution in [0.5, 0.6) is 0 Å². The lowest BCUT2D eigenvalue weighted by atomic mass is 10.0. The number of hydrogen-bond acceptors (Lipinski definition) is 5. The fourth-order valence-electron chi connectivity index (χ4n) is 2.70. The van der Waals surface area contributed by atoms with Crippen molar-refractivity contribution in [2.24, 2.45) is 10.2 Å². The standard InChI is InChI=1S/C19H18ClN5O2/c1-3-4-9-19(23-24-19)10-11-21-18(27)17-16(26)12-13(2)25(22-17)15-8-6-5-7-14(15)20/h1,5-8,12H,4,9-11H2,2H3,(H,21,27). The Kier molecular flexibility index (Phi) is 5.38. The largest absolute Gasteiger partial charge is 0.350 e. The van der Waals surface area contributed by atoms with E-state index in [-0.39, 0.29) is 5.69 Å². The molecule has 0 unspecified atom stereocenters. The topological polar surface area (TPSA) is 88.7 Å². The molecule has 8 heteroatoms. The first kappa shape index (κ1) is 18.8. The number of carbonyl (C=O) groups excluding carboxylic acids is 1. The Balaban J connectivity index is 1.74. The fraction of sp³-hybridized carbons (Fsp3) is 0.316. The highest BCUT2D eigenvalue weighted by Crippen LogP contribution is 2.36. The number of nitrogens with zero attached hydrogens (tertiary/aromatic N) is 4. The van der Waals surface area contributed by atoms with Crippen molar-refractivity contribution in [1.82, 2.24) is 15.1 Å². The molecule has 3 rings (SSSR count). The molecule has 0 radical (unpaired) electrons. The van der Waals surface area contributed by atoms with Crippen LogP contribution in [-0.4, -0.2) is 27.9 Å². The molecule has 1 aliphatic heterocycles. The molecular formula is C19H18ClN5O2. The first-order valence-electron chi connectivity index (χ1n) is 8.47. The number of benzene rings is 1. The highest BCUT2D eigenvalue weighted by atomic mass is 35.5. The van der Waals surface area contributed by atoms with Crippen LogP contribution in [0.2, 0.25) is 5.02 Å². The van der Waals surface area contributed by atoms with Gasteiger partial charge in [-0.05, 0) is 19.1 Å². The molecule has 0 aliphatic carbocycles. The quantitative estimate of drug-likeness (QED) is 0.745. The molecule has 7 nitrogen and oxygen atoms in total. The molecule has 0 atom stereocenters. The van der Waals surface area contributed by atoms with Gasteiger partial charge in [0.15, 0.2) is 11.4 Å². The molecule has 0 saturated carbocycles. The zero-order valence-corrected chi connectivity index (χ0v) is 15.5. The van der Waals surface area contributed by atoms with E-state index >= 15 is 0 Å². The van der Waals surface area contributed by atoms with E-state index in [9.17, 15) is 9.59 Å². The molecule has 0 saturated heterocycles. The second-order valence-electron chi connectivity index (χ2n) is 6.25. The molecule has 1 amide bonds. The van der Waals surface area contributed by atoms with Crippen LogP contribution in [0.25, 0.3) is 5.69 Å². The van der Waals surface area contributed by atoms with Crippen molar-refractivity contribution < 1.29 is 4.79 Å². The van der Waals surface area contributed by atoms with E-state index in [4.69, 9.17) is 18.0 Å². The predicted molar refractivity (Wildman–Crippen MR) is 102 cm³/mol. The summed E-state index contributed by atoms with van der Waals surface area (Å²) in [4.78, 5) is 24.7. The molecule has 1 aromatic carbocycles. The highest BCUT2D eigenvalue weighted by molar-refractivity contribution is 6.32. The SMILES string of the molecule is C#CCCC1(CCNC(=O)c2nn(-c3ccccc3Cl)c(C)cc2=O)N=N1. The van der Waals surface area contributed by atoms with E-state index < -0.39 is 17.0 Å². The van der Waals surface area contributed by atoms with Crippen molar-refractivity contribution in [3.05, 3.63) is 57.0 Å². The van der Waals surface area contributed by atoms with Crippen LogP contribution in [-0.2, 0) is 0 Å². The van der Waals surface area contributed by atoms with Gasteiger partial charge in [-0.2, -0.15) is 15.3 Å². The molecule has 1 aromatic heterocycles. The normalized spacial score (nSPS) is 13.8. The smallest absolute Gasteiger partial charge is 0.275 e. The third-order valence-corrected chi connectivity index (χ3v) is 4.59. The average molecular weight is 384 g/mol. The molecule has 0 fully saturated rings. The molecular weight excluding hydrogens is 366 g/mol. The third kappa shape index (κ3) is 4.23. The molecule has 1 aliphatic rings. The third-order valence-electron chi connectivity index (χ3n) is 4.27. The van der Waals surface area contributed by atoms with Crippen LogP contribution < -0.4 is 10.7 Å². The van der Waals surface area contributed by atoms with Gasteiger partial charge in [-0.15, -0.1) is 12.3 Å². The van der Waals surface area contributed by atoms with Gasteiger partial charge >= 0.3 is 0 Å². The Bertz CT molecular complexity index is 1000. The van der Waals surface area contributed by atoms with Crippen LogP contribution in [0.4, 0.5) is 0 Å². The van der Waals surface area contributed by atoms with Gasteiger partial charge in [0, 0.05) is 37.6 Å². The number of aromatic nitrogens is 2. The second kappa shape index (κ2) is 7.72. The van der Waals surface area contributed by atoms with E-state index in [2.05, 4.69) is 26.6 Å². The van der Waals surface area contributed by atoms with Crippen LogP contribution >= 0.6 is 11.6 Å². The van der Waals surface area contributed by atoms with Crippen molar-refractivity contribution in [3.63, 3.8) is 0 Å². The Hall–Kier alpha value is -2.98. The molecule has 138 valence electrons. The summed E-state index contributed by atoms with van der Waals surface area (Å²) in [6, 6.07) is 8.44. The number of para-hydroxylation sites is 1. The molecule has 0 spiro atoms. The number of carbonyl (C=O) groups is 1. The Morgan fingerprint density at radius 2 is 2.07 bits per heavy atom. The number of rotatable bonds is 7.